The van der Waals surface area contributed by atoms with E-state index in [1.807, 2.05) is 24.3 Å². The molecule has 2 aromatic carbocycles. The van der Waals surface area contributed by atoms with Crippen LogP contribution in [0.15, 0.2) is 48.5 Å². The van der Waals surface area contributed by atoms with Crippen LogP contribution < -0.4 is 14.5 Å². The highest BCUT2D eigenvalue weighted by Gasteiger charge is 2.28. The SMILES string of the molecule is CCN(CC)c1ccc(CNC(=O)[C@H](C)N(c2ccc(F)cc2)S(C)(=O)=O)cc1. The van der Waals surface area contributed by atoms with Crippen LogP contribution in [-0.2, 0) is 21.4 Å². The molecule has 0 aliphatic rings. The predicted octanol–water partition coefficient (Wildman–Crippen LogP) is 3.14. The number of carbonyl (C=O) groups is 1. The molecule has 0 heterocycles. The topological polar surface area (TPSA) is 69.7 Å². The average molecular weight is 422 g/mol. The van der Waals surface area contributed by atoms with Gasteiger partial charge in [0.25, 0.3) is 0 Å². The Bertz CT molecular complexity index is 911. The van der Waals surface area contributed by atoms with E-state index in [-0.39, 0.29) is 12.2 Å². The normalized spacial score (nSPS) is 12.3. The summed E-state index contributed by atoms with van der Waals surface area (Å²) < 4.78 is 38.7. The largest absolute Gasteiger partial charge is 0.372 e. The van der Waals surface area contributed by atoms with Gasteiger partial charge in [0.2, 0.25) is 15.9 Å². The summed E-state index contributed by atoms with van der Waals surface area (Å²) >= 11 is 0. The summed E-state index contributed by atoms with van der Waals surface area (Å²) in [7, 11) is -3.73. The molecule has 2 aromatic rings. The average Bonchev–Trinajstić information content (AvgIpc) is 2.68. The van der Waals surface area contributed by atoms with Crippen LogP contribution >= 0.6 is 0 Å². The lowest BCUT2D eigenvalue weighted by molar-refractivity contribution is -0.122. The summed E-state index contributed by atoms with van der Waals surface area (Å²) in [5.74, 6) is -0.917. The van der Waals surface area contributed by atoms with E-state index < -0.39 is 27.8 Å². The molecule has 8 heteroatoms. The number of nitrogens with zero attached hydrogens (tertiary/aromatic N) is 2. The second kappa shape index (κ2) is 9.73. The van der Waals surface area contributed by atoms with E-state index in [1.54, 1.807) is 0 Å². The Labute approximate surface area is 172 Å². The third-order valence-corrected chi connectivity index (χ3v) is 5.94. The first kappa shape index (κ1) is 22.7. The molecule has 6 nitrogen and oxygen atoms in total. The summed E-state index contributed by atoms with van der Waals surface area (Å²) in [6.45, 7) is 7.79. The Morgan fingerprint density at radius 3 is 2.00 bits per heavy atom. The van der Waals surface area contributed by atoms with Crippen LogP contribution in [0.3, 0.4) is 0 Å². The fraction of sp³-hybridized carbons (Fsp3) is 0.381. The maximum absolute atomic E-state index is 13.2. The van der Waals surface area contributed by atoms with Crippen molar-refractivity contribution in [1.29, 1.82) is 0 Å². The van der Waals surface area contributed by atoms with Crippen molar-refractivity contribution in [3.63, 3.8) is 0 Å². The van der Waals surface area contributed by atoms with Gasteiger partial charge in [0.1, 0.15) is 11.9 Å². The first-order chi connectivity index (χ1) is 13.7. The lowest BCUT2D eigenvalue weighted by atomic mass is 10.2. The minimum atomic E-state index is -3.73. The van der Waals surface area contributed by atoms with Crippen LogP contribution in [0.1, 0.15) is 26.3 Å². The first-order valence-electron chi connectivity index (χ1n) is 9.54. The second-order valence-corrected chi connectivity index (χ2v) is 8.63. The maximum Gasteiger partial charge on any atom is 0.243 e. The summed E-state index contributed by atoms with van der Waals surface area (Å²) in [6.07, 6.45) is 1.02. The number of hydrogen-bond acceptors (Lipinski definition) is 4. The smallest absolute Gasteiger partial charge is 0.243 e. The third kappa shape index (κ3) is 5.93. The molecule has 0 fully saturated rings. The molecule has 2 rings (SSSR count). The van der Waals surface area contributed by atoms with Gasteiger partial charge in [0, 0.05) is 25.3 Å². The number of rotatable bonds is 9. The van der Waals surface area contributed by atoms with Gasteiger partial charge in [0.05, 0.1) is 11.9 Å². The van der Waals surface area contributed by atoms with Crippen LogP contribution in [0.25, 0.3) is 0 Å². The van der Waals surface area contributed by atoms with Gasteiger partial charge < -0.3 is 10.2 Å². The molecule has 0 saturated heterocycles. The van der Waals surface area contributed by atoms with Crippen molar-refractivity contribution in [3.8, 4) is 0 Å². The molecule has 1 atom stereocenters. The monoisotopic (exact) mass is 421 g/mol. The Balaban J connectivity index is 2.09. The molecule has 1 N–H and O–H groups in total. The molecule has 0 bridgehead atoms. The zero-order valence-electron chi connectivity index (χ0n) is 17.2. The summed E-state index contributed by atoms with van der Waals surface area (Å²) in [5.41, 5.74) is 2.26. The lowest BCUT2D eigenvalue weighted by Crippen LogP contribution is -2.47. The zero-order valence-corrected chi connectivity index (χ0v) is 18.0. The molecule has 0 unspecified atom stereocenters. The number of hydrogen-bond donors (Lipinski definition) is 1. The number of amides is 1. The molecule has 29 heavy (non-hydrogen) atoms. The van der Waals surface area contributed by atoms with Crippen molar-refractivity contribution >= 4 is 27.3 Å². The van der Waals surface area contributed by atoms with Crippen molar-refractivity contribution in [2.75, 3.05) is 28.6 Å². The number of halogens is 1. The Morgan fingerprint density at radius 1 is 1.00 bits per heavy atom. The van der Waals surface area contributed by atoms with Gasteiger partial charge in [-0.15, -0.1) is 0 Å². The van der Waals surface area contributed by atoms with E-state index in [2.05, 4.69) is 24.1 Å². The Hall–Kier alpha value is -2.61. The second-order valence-electron chi connectivity index (χ2n) is 6.77. The molecule has 0 aliphatic carbocycles. The van der Waals surface area contributed by atoms with E-state index in [0.29, 0.717) is 0 Å². The fourth-order valence-electron chi connectivity index (χ4n) is 3.15. The Kier molecular flexibility index (Phi) is 7.61. The zero-order chi connectivity index (χ0) is 21.6. The van der Waals surface area contributed by atoms with Gasteiger partial charge in [-0.05, 0) is 62.7 Å². The number of nitrogens with one attached hydrogen (secondary N) is 1. The van der Waals surface area contributed by atoms with Crippen LogP contribution in [0.2, 0.25) is 0 Å². The van der Waals surface area contributed by atoms with Crippen LogP contribution in [0.5, 0.6) is 0 Å². The number of benzene rings is 2. The highest BCUT2D eigenvalue weighted by atomic mass is 32.2. The van der Waals surface area contributed by atoms with Gasteiger partial charge in [0.15, 0.2) is 0 Å². The molecule has 0 spiro atoms. The van der Waals surface area contributed by atoms with Gasteiger partial charge in [-0.2, -0.15) is 0 Å². The standard InChI is InChI=1S/C21H28FN3O3S/c1-5-24(6-2)19-11-7-17(8-12-19)15-23-21(26)16(3)25(29(4,27)28)20-13-9-18(22)10-14-20/h7-14,16H,5-6,15H2,1-4H3,(H,23,26)/t16-/m0/s1. The predicted molar refractivity (Wildman–Crippen MR) is 115 cm³/mol. The minimum Gasteiger partial charge on any atom is -0.372 e. The molecular weight excluding hydrogens is 393 g/mol. The van der Waals surface area contributed by atoms with Crippen LogP contribution in [0.4, 0.5) is 15.8 Å². The maximum atomic E-state index is 13.2. The van der Waals surface area contributed by atoms with Crippen molar-refractivity contribution < 1.29 is 17.6 Å². The summed E-state index contributed by atoms with van der Waals surface area (Å²) in [4.78, 5) is 14.8. The lowest BCUT2D eigenvalue weighted by Gasteiger charge is -2.28. The quantitative estimate of drug-likeness (QED) is 0.675. The molecule has 1 amide bonds. The van der Waals surface area contributed by atoms with E-state index in [0.717, 1.165) is 47.0 Å². The van der Waals surface area contributed by atoms with Crippen molar-refractivity contribution in [3.05, 3.63) is 59.9 Å². The molecule has 0 aliphatic heterocycles. The number of sulfonamides is 1. The molecule has 0 saturated carbocycles. The van der Waals surface area contributed by atoms with E-state index in [1.165, 1.54) is 19.1 Å². The summed E-state index contributed by atoms with van der Waals surface area (Å²) in [5, 5.41) is 2.78. The van der Waals surface area contributed by atoms with E-state index >= 15 is 0 Å². The van der Waals surface area contributed by atoms with Crippen molar-refractivity contribution in [1.82, 2.24) is 5.32 Å². The van der Waals surface area contributed by atoms with Gasteiger partial charge in [-0.3, -0.25) is 9.10 Å². The highest BCUT2D eigenvalue weighted by molar-refractivity contribution is 7.92. The molecular formula is C21H28FN3O3S. The number of carbonyl (C=O) groups excluding carboxylic acids is 1. The van der Waals surface area contributed by atoms with E-state index in [9.17, 15) is 17.6 Å². The molecule has 158 valence electrons. The van der Waals surface area contributed by atoms with Gasteiger partial charge in [-0.1, -0.05) is 12.1 Å². The molecule has 0 aromatic heterocycles. The highest BCUT2D eigenvalue weighted by Crippen LogP contribution is 2.21. The van der Waals surface area contributed by atoms with Crippen LogP contribution in [0, 0.1) is 5.82 Å². The summed E-state index contributed by atoms with van der Waals surface area (Å²) in [6, 6.07) is 11.9. The minimum absolute atomic E-state index is 0.236. The van der Waals surface area contributed by atoms with Crippen LogP contribution in [-0.4, -0.2) is 39.7 Å². The van der Waals surface area contributed by atoms with Crippen molar-refractivity contribution in [2.24, 2.45) is 0 Å². The fourth-order valence-corrected chi connectivity index (χ4v) is 4.32. The van der Waals surface area contributed by atoms with Gasteiger partial charge >= 0.3 is 0 Å². The van der Waals surface area contributed by atoms with Crippen molar-refractivity contribution in [2.45, 2.75) is 33.4 Å². The number of anilines is 2. The van der Waals surface area contributed by atoms with E-state index in [4.69, 9.17) is 0 Å². The third-order valence-electron chi connectivity index (χ3n) is 4.70. The first-order valence-corrected chi connectivity index (χ1v) is 11.4. The Morgan fingerprint density at radius 2 is 1.52 bits per heavy atom. The molecule has 0 radical (unpaired) electrons. The van der Waals surface area contributed by atoms with Gasteiger partial charge in [-0.25, -0.2) is 12.8 Å².